The molecule has 0 saturated carbocycles. The van der Waals surface area contributed by atoms with Crippen molar-refractivity contribution in [2.75, 3.05) is 5.32 Å². The van der Waals surface area contributed by atoms with E-state index in [9.17, 15) is 18.4 Å². The fourth-order valence-corrected chi connectivity index (χ4v) is 3.65. The highest BCUT2D eigenvalue weighted by Gasteiger charge is 2.22. The minimum absolute atomic E-state index is 0.00946. The Morgan fingerprint density at radius 2 is 1.90 bits per heavy atom. The van der Waals surface area contributed by atoms with E-state index in [1.165, 1.54) is 0 Å². The Morgan fingerprint density at radius 3 is 2.61 bits per heavy atom. The molecule has 9 heteroatoms. The molecule has 2 aromatic carbocycles. The Bertz CT molecular complexity index is 1340. The summed E-state index contributed by atoms with van der Waals surface area (Å²) in [6.45, 7) is 3.51. The number of primary amides is 1. The van der Waals surface area contributed by atoms with Gasteiger partial charge in [-0.2, -0.15) is 0 Å². The van der Waals surface area contributed by atoms with Crippen molar-refractivity contribution in [2.24, 2.45) is 5.73 Å². The Hall–Kier alpha value is -4.01. The second-order valence-corrected chi connectivity index (χ2v) is 7.09. The first-order valence-electron chi connectivity index (χ1n) is 9.56. The normalized spacial score (nSPS) is 11.1. The Kier molecular flexibility index (Phi) is 5.02. The second-order valence-electron chi connectivity index (χ2n) is 7.09. The van der Waals surface area contributed by atoms with Crippen molar-refractivity contribution in [3.63, 3.8) is 0 Å². The third kappa shape index (κ3) is 3.65. The molecule has 0 saturated heterocycles. The zero-order valence-corrected chi connectivity index (χ0v) is 16.8. The number of hydrogen-bond donors (Lipinski definition) is 4. The van der Waals surface area contributed by atoms with Crippen LogP contribution >= 0.6 is 0 Å². The van der Waals surface area contributed by atoms with Gasteiger partial charge in [0, 0.05) is 11.4 Å². The number of nitrogens with two attached hydrogens (primary N) is 1. The van der Waals surface area contributed by atoms with Crippen LogP contribution < -0.4 is 11.1 Å². The molecular weight excluding hydrogens is 404 g/mol. The van der Waals surface area contributed by atoms with Crippen LogP contribution in [-0.4, -0.2) is 26.8 Å². The maximum atomic E-state index is 14.1. The monoisotopic (exact) mass is 423 g/mol. The van der Waals surface area contributed by atoms with Gasteiger partial charge in [-0.3, -0.25) is 9.59 Å². The fourth-order valence-electron chi connectivity index (χ4n) is 3.65. The SMILES string of the molecule is CCc1c(C(=O)Nc2ccc3nc(-c4cc(F)ccc4F)[nH]c3c2)[nH]c(C)c1C(N)=O. The number of amides is 2. The van der Waals surface area contributed by atoms with Gasteiger partial charge in [-0.25, -0.2) is 13.8 Å². The van der Waals surface area contributed by atoms with Crippen LogP contribution in [0, 0.1) is 18.6 Å². The molecular formula is C22H19F2N5O2. The van der Waals surface area contributed by atoms with Gasteiger partial charge in [0.1, 0.15) is 23.2 Å². The third-order valence-electron chi connectivity index (χ3n) is 5.04. The summed E-state index contributed by atoms with van der Waals surface area (Å²) in [6.07, 6.45) is 0.452. The highest BCUT2D eigenvalue weighted by molar-refractivity contribution is 6.08. The van der Waals surface area contributed by atoms with Crippen LogP contribution in [0.15, 0.2) is 36.4 Å². The summed E-state index contributed by atoms with van der Waals surface area (Å²) in [6, 6.07) is 8.06. The molecule has 2 heterocycles. The number of aromatic amines is 2. The van der Waals surface area contributed by atoms with Gasteiger partial charge in [0.05, 0.1) is 22.2 Å². The lowest BCUT2D eigenvalue weighted by Gasteiger charge is -2.06. The number of aryl methyl sites for hydroxylation is 1. The lowest BCUT2D eigenvalue weighted by molar-refractivity contribution is 0.0998. The molecule has 0 unspecified atom stereocenters. The van der Waals surface area contributed by atoms with Crippen LogP contribution in [0.3, 0.4) is 0 Å². The number of aromatic nitrogens is 3. The zero-order valence-electron chi connectivity index (χ0n) is 16.8. The summed E-state index contributed by atoms with van der Waals surface area (Å²) in [5, 5.41) is 2.77. The summed E-state index contributed by atoms with van der Waals surface area (Å²) >= 11 is 0. The lowest BCUT2D eigenvalue weighted by atomic mass is 10.1. The molecule has 0 radical (unpaired) electrons. The van der Waals surface area contributed by atoms with Gasteiger partial charge in [-0.1, -0.05) is 6.92 Å². The van der Waals surface area contributed by atoms with Crippen LogP contribution in [0.4, 0.5) is 14.5 Å². The van der Waals surface area contributed by atoms with E-state index >= 15 is 0 Å². The summed E-state index contributed by atoms with van der Waals surface area (Å²) < 4.78 is 27.6. The van der Waals surface area contributed by atoms with Gasteiger partial charge < -0.3 is 21.0 Å². The van der Waals surface area contributed by atoms with E-state index in [0.29, 0.717) is 40.0 Å². The smallest absolute Gasteiger partial charge is 0.272 e. The zero-order chi connectivity index (χ0) is 22.3. The molecule has 0 bridgehead atoms. The highest BCUT2D eigenvalue weighted by Crippen LogP contribution is 2.26. The molecule has 0 aliphatic rings. The number of carbonyl (C=O) groups is 2. The first-order valence-corrected chi connectivity index (χ1v) is 9.56. The number of imidazole rings is 1. The van der Waals surface area contributed by atoms with Crippen molar-refractivity contribution in [3.8, 4) is 11.4 Å². The van der Waals surface area contributed by atoms with E-state index in [2.05, 4.69) is 20.3 Å². The summed E-state index contributed by atoms with van der Waals surface area (Å²) in [5.41, 5.74) is 8.63. The van der Waals surface area contributed by atoms with Crippen molar-refractivity contribution >= 4 is 28.5 Å². The van der Waals surface area contributed by atoms with Crippen LogP contribution in [0.5, 0.6) is 0 Å². The van der Waals surface area contributed by atoms with E-state index < -0.39 is 23.4 Å². The van der Waals surface area contributed by atoms with Gasteiger partial charge in [0.2, 0.25) is 0 Å². The predicted molar refractivity (Wildman–Crippen MR) is 113 cm³/mol. The molecule has 4 aromatic rings. The van der Waals surface area contributed by atoms with Gasteiger partial charge >= 0.3 is 0 Å². The fraction of sp³-hybridized carbons (Fsp3) is 0.136. The Labute approximate surface area is 175 Å². The molecule has 7 nitrogen and oxygen atoms in total. The van der Waals surface area contributed by atoms with Crippen LogP contribution in [-0.2, 0) is 6.42 Å². The van der Waals surface area contributed by atoms with Crippen LogP contribution in [0.25, 0.3) is 22.4 Å². The molecule has 4 rings (SSSR count). The maximum absolute atomic E-state index is 14.1. The van der Waals surface area contributed by atoms with Gasteiger partial charge in [0.25, 0.3) is 11.8 Å². The minimum atomic E-state index is -0.603. The minimum Gasteiger partial charge on any atom is -0.366 e. The number of carbonyl (C=O) groups excluding carboxylic acids is 2. The standard InChI is InChI=1S/C22H19F2N5O2/c1-3-13-18(20(25)30)10(2)26-19(13)22(31)27-12-5-7-16-17(9-12)29-21(28-16)14-8-11(23)4-6-15(14)24/h4-9,26H,3H2,1-2H3,(H2,25,30)(H,27,31)(H,28,29). The predicted octanol–water partition coefficient (Wildman–Crippen LogP) is 4.06. The summed E-state index contributed by atoms with van der Waals surface area (Å²) in [7, 11) is 0. The van der Waals surface area contributed by atoms with Gasteiger partial charge in [-0.15, -0.1) is 0 Å². The van der Waals surface area contributed by atoms with Crippen LogP contribution in [0.2, 0.25) is 0 Å². The average Bonchev–Trinajstić information content (AvgIpc) is 3.29. The van der Waals surface area contributed by atoms with E-state index in [4.69, 9.17) is 5.73 Å². The number of hydrogen-bond acceptors (Lipinski definition) is 3. The number of anilines is 1. The highest BCUT2D eigenvalue weighted by atomic mass is 19.1. The van der Waals surface area contributed by atoms with E-state index in [-0.39, 0.29) is 17.1 Å². The maximum Gasteiger partial charge on any atom is 0.272 e. The van der Waals surface area contributed by atoms with Crippen LogP contribution in [0.1, 0.15) is 39.0 Å². The molecule has 0 aliphatic heterocycles. The van der Waals surface area contributed by atoms with Gasteiger partial charge in [-0.05, 0) is 55.3 Å². The molecule has 0 aliphatic carbocycles. The molecule has 0 fully saturated rings. The number of halogens is 2. The second kappa shape index (κ2) is 7.67. The average molecular weight is 423 g/mol. The van der Waals surface area contributed by atoms with Crippen molar-refractivity contribution < 1.29 is 18.4 Å². The first-order chi connectivity index (χ1) is 14.8. The summed E-state index contributed by atoms with van der Waals surface area (Å²) in [5.74, 6) is -2.03. The van der Waals surface area contributed by atoms with E-state index in [1.54, 1.807) is 25.1 Å². The topological polar surface area (TPSA) is 117 Å². The third-order valence-corrected chi connectivity index (χ3v) is 5.04. The molecule has 2 aromatic heterocycles. The number of fused-ring (bicyclic) bond motifs is 1. The number of H-pyrrole nitrogens is 2. The number of nitrogens with one attached hydrogen (secondary N) is 3. The molecule has 0 spiro atoms. The van der Waals surface area contributed by atoms with Gasteiger partial charge in [0.15, 0.2) is 0 Å². The largest absolute Gasteiger partial charge is 0.366 e. The Balaban J connectivity index is 1.66. The summed E-state index contributed by atoms with van der Waals surface area (Å²) in [4.78, 5) is 34.7. The van der Waals surface area contributed by atoms with Crippen molar-refractivity contribution in [1.29, 1.82) is 0 Å². The first kappa shape index (κ1) is 20.3. The molecule has 0 atom stereocenters. The van der Waals surface area contributed by atoms with E-state index in [0.717, 1.165) is 18.2 Å². The molecule has 158 valence electrons. The van der Waals surface area contributed by atoms with E-state index in [1.807, 2.05) is 6.92 Å². The van der Waals surface area contributed by atoms with Crippen molar-refractivity contribution in [1.82, 2.24) is 15.0 Å². The van der Waals surface area contributed by atoms with Crippen molar-refractivity contribution in [3.05, 3.63) is 70.5 Å². The molecule has 2 amide bonds. The lowest BCUT2D eigenvalue weighted by Crippen LogP contribution is -2.16. The molecule has 31 heavy (non-hydrogen) atoms. The number of benzene rings is 2. The number of nitrogens with zero attached hydrogens (tertiary/aromatic N) is 1. The van der Waals surface area contributed by atoms with Crippen molar-refractivity contribution in [2.45, 2.75) is 20.3 Å². The molecule has 5 N–H and O–H groups in total. The Morgan fingerprint density at radius 1 is 1.13 bits per heavy atom. The number of rotatable bonds is 5. The quantitative estimate of drug-likeness (QED) is 0.388.